The summed E-state index contributed by atoms with van der Waals surface area (Å²) in [7, 11) is 0. The van der Waals surface area contributed by atoms with E-state index in [9.17, 15) is 60.0 Å². The molecule has 60 heavy (non-hydrogen) atoms. The molecule has 2 saturated heterocycles. The number of hydrogen-bond donors (Lipinski definition) is 9. The van der Waals surface area contributed by atoms with Crippen molar-refractivity contribution in [2.75, 3.05) is 0 Å². The van der Waals surface area contributed by atoms with E-state index in [1.807, 2.05) is 26.8 Å². The van der Waals surface area contributed by atoms with Gasteiger partial charge in [0, 0.05) is 7.34 Å². The van der Waals surface area contributed by atoms with Crippen molar-refractivity contribution in [3.63, 3.8) is 0 Å². The van der Waals surface area contributed by atoms with E-state index in [1.165, 1.54) is 0 Å². The maximum Gasteiger partial charge on any atom is 0.335 e. The predicted octanol–water partition coefficient (Wildman–Crippen LogP) is 1.83. The van der Waals surface area contributed by atoms with Gasteiger partial charge < -0.3 is 71.4 Å². The predicted molar refractivity (Wildman–Crippen MR) is 210 cm³/mol. The molecule has 2 aliphatic heterocycles. The zero-order valence-electron chi connectivity index (χ0n) is 35.6. The Kier molecular flexibility index (Phi) is 12.8. The summed E-state index contributed by atoms with van der Waals surface area (Å²) in [5.41, 5.74) is -1.81. The van der Waals surface area contributed by atoms with E-state index in [0.29, 0.717) is 25.7 Å². The standard InChI is InChI=1S/C42H62O16.H3N.H2O.H2/c1-37(2)21-8-11-42(7)31(20(43)16-18-19-17-39(4,36(53)54)13-12-38(19,3)14-15-41(18,42)6)40(21,5)10-9-22(37)55-35-30(26(47)25(46)29(57-35)33(51)52)58-34-27(48)23(44)24(45)28(56-34)32(49)50;;;/h16,19,21-31,34-35,44-48H,8-15,17H2,1-7H3,(H,49,50)(H,51,52)(H,53,54);1H3;1H2;1H/t19-,21-,22-,23-,24-,25-,26-,27+,28-,29-,30+,31+,34-,35-,38+,39-,40-,41+,42+;;;/m0.../s1. The Hall–Kier alpha value is -2.62. The molecule has 0 aromatic carbocycles. The number of ketones is 1. The smallest absolute Gasteiger partial charge is 0.335 e. The van der Waals surface area contributed by atoms with Gasteiger partial charge in [-0.25, -0.2) is 9.59 Å². The summed E-state index contributed by atoms with van der Waals surface area (Å²) in [6, 6.07) is 0. The zero-order valence-corrected chi connectivity index (χ0v) is 35.6. The third-order valence-electron chi connectivity index (χ3n) is 17.2. The van der Waals surface area contributed by atoms with Crippen molar-refractivity contribution < 1.29 is 85.9 Å². The number of aliphatic hydroxyl groups excluding tert-OH is 5. The second-order valence-corrected chi connectivity index (χ2v) is 20.6. The van der Waals surface area contributed by atoms with Crippen LogP contribution in [0.25, 0.3) is 0 Å². The van der Waals surface area contributed by atoms with Crippen molar-refractivity contribution >= 4 is 23.7 Å². The molecule has 18 nitrogen and oxygen atoms in total. The molecule has 18 heteroatoms. The van der Waals surface area contributed by atoms with Crippen molar-refractivity contribution in [1.82, 2.24) is 6.15 Å². The molecule has 0 radical (unpaired) electrons. The molecule has 4 saturated carbocycles. The summed E-state index contributed by atoms with van der Waals surface area (Å²) < 4.78 is 23.4. The Labute approximate surface area is 351 Å². The van der Waals surface area contributed by atoms with E-state index in [1.54, 1.807) is 0 Å². The maximum absolute atomic E-state index is 14.8. The number of hydrogen-bond acceptors (Lipinski definition) is 14. The molecule has 6 fully saturated rings. The minimum atomic E-state index is -2.05. The first kappa shape index (κ1) is 48.4. The van der Waals surface area contributed by atoms with Gasteiger partial charge in [-0.1, -0.05) is 47.1 Å². The molecule has 344 valence electrons. The summed E-state index contributed by atoms with van der Waals surface area (Å²) in [5.74, 6) is -4.47. The van der Waals surface area contributed by atoms with Crippen molar-refractivity contribution in [3.8, 4) is 0 Å². The van der Waals surface area contributed by atoms with Crippen LogP contribution in [0.5, 0.6) is 0 Å². The minimum Gasteiger partial charge on any atom is -0.481 e. The molecule has 5 aliphatic carbocycles. The molecule has 13 N–H and O–H groups in total. The van der Waals surface area contributed by atoms with Gasteiger partial charge in [0.1, 0.15) is 36.6 Å². The largest absolute Gasteiger partial charge is 0.481 e. The van der Waals surface area contributed by atoms with E-state index in [2.05, 4.69) is 27.7 Å². The lowest BCUT2D eigenvalue weighted by molar-refractivity contribution is -0.371. The Morgan fingerprint density at radius 1 is 0.717 bits per heavy atom. The zero-order chi connectivity index (χ0) is 42.9. The topological polar surface area (TPSA) is 334 Å². The van der Waals surface area contributed by atoms with E-state index in [4.69, 9.17) is 18.9 Å². The highest BCUT2D eigenvalue weighted by atomic mass is 16.8. The Bertz CT molecular complexity index is 1750. The van der Waals surface area contributed by atoms with Crippen LogP contribution < -0.4 is 6.15 Å². The number of carbonyl (C=O) groups excluding carboxylic acids is 1. The monoisotopic (exact) mass is 859 g/mol. The average molecular weight is 860 g/mol. The minimum absolute atomic E-state index is 0. The Morgan fingerprint density at radius 3 is 1.87 bits per heavy atom. The van der Waals surface area contributed by atoms with Crippen molar-refractivity contribution in [2.24, 2.45) is 50.2 Å². The third kappa shape index (κ3) is 6.96. The number of fused-ring (bicyclic) bond motifs is 7. The van der Waals surface area contributed by atoms with Crippen molar-refractivity contribution in [1.29, 1.82) is 0 Å². The molecule has 0 amide bonds. The summed E-state index contributed by atoms with van der Waals surface area (Å²) in [6.07, 6.45) is -12.2. The van der Waals surface area contributed by atoms with Crippen LogP contribution in [-0.4, -0.2) is 138 Å². The fourth-order valence-corrected chi connectivity index (χ4v) is 13.4. The number of carbonyl (C=O) groups is 4. The highest BCUT2D eigenvalue weighted by Gasteiger charge is 2.71. The Balaban J connectivity index is 0.00000273. The number of ether oxygens (including phenoxy) is 4. The number of rotatable bonds is 7. The van der Waals surface area contributed by atoms with Gasteiger partial charge in [0.25, 0.3) is 0 Å². The van der Waals surface area contributed by atoms with Crippen LogP contribution in [0.15, 0.2) is 11.6 Å². The first-order chi connectivity index (χ1) is 26.8. The van der Waals surface area contributed by atoms with Crippen LogP contribution in [0.2, 0.25) is 0 Å². The van der Waals surface area contributed by atoms with Gasteiger partial charge in [-0.2, -0.15) is 0 Å². The van der Waals surface area contributed by atoms with E-state index in [0.717, 1.165) is 37.7 Å². The summed E-state index contributed by atoms with van der Waals surface area (Å²) in [5, 5.41) is 83.0. The summed E-state index contributed by atoms with van der Waals surface area (Å²) >= 11 is 0. The van der Waals surface area contributed by atoms with Crippen LogP contribution in [-0.2, 0) is 38.1 Å². The molecule has 2 heterocycles. The molecule has 7 aliphatic rings. The highest BCUT2D eigenvalue weighted by molar-refractivity contribution is 5.95. The molecular weight excluding hydrogens is 790 g/mol. The molecule has 0 bridgehead atoms. The van der Waals surface area contributed by atoms with Gasteiger partial charge >= 0.3 is 17.9 Å². The van der Waals surface area contributed by atoms with Crippen LogP contribution in [0.4, 0.5) is 0 Å². The molecule has 0 unspecified atom stereocenters. The number of aliphatic hydroxyl groups is 5. The van der Waals surface area contributed by atoms with Gasteiger partial charge in [0.05, 0.1) is 11.5 Å². The second kappa shape index (κ2) is 15.9. The van der Waals surface area contributed by atoms with Crippen LogP contribution in [0.1, 0.15) is 108 Å². The molecule has 0 aromatic rings. The fraction of sp³-hybridized carbons (Fsp3) is 0.857. The lowest BCUT2D eigenvalue weighted by atomic mass is 9.33. The quantitative estimate of drug-likeness (QED) is 0.165. The van der Waals surface area contributed by atoms with E-state index in [-0.39, 0.29) is 47.4 Å². The number of carboxylic acid groups (broad SMARTS) is 3. The fourth-order valence-electron chi connectivity index (χ4n) is 13.4. The summed E-state index contributed by atoms with van der Waals surface area (Å²) in [6.45, 7) is 14.8. The lowest BCUT2D eigenvalue weighted by Gasteiger charge is -2.70. The second-order valence-electron chi connectivity index (χ2n) is 20.6. The highest BCUT2D eigenvalue weighted by Crippen LogP contribution is 2.75. The Morgan fingerprint density at radius 2 is 1.28 bits per heavy atom. The van der Waals surface area contributed by atoms with Gasteiger partial charge in [-0.05, 0) is 110 Å². The SMILES string of the molecule is CC1(C)[C@@H](O[C@H]2O[C@H](C(=O)O)[C@@H](O)[C@H](O)[C@H]2O[C@@H]2O[C@H](C(=O)O)[C@@H](O)[C@H](O)[C@H]2O)CC[C@]2(C)[C@H]3C(=O)C=C4[C@@H]5C[C@@](C)(C(=O)O)CC[C@]5(C)CC[C@@]4(C)[C@]3(C)CC[C@@H]12.N.O.[HH]. The van der Waals surface area contributed by atoms with E-state index >= 15 is 0 Å². The van der Waals surface area contributed by atoms with E-state index < -0.39 is 107 Å². The van der Waals surface area contributed by atoms with Gasteiger partial charge in [-0.3, -0.25) is 9.59 Å². The van der Waals surface area contributed by atoms with Crippen molar-refractivity contribution in [3.05, 3.63) is 11.6 Å². The molecule has 19 atom stereocenters. The van der Waals surface area contributed by atoms with Gasteiger partial charge in [-0.15, -0.1) is 0 Å². The number of allylic oxidation sites excluding steroid dienone is 2. The van der Waals surface area contributed by atoms with Gasteiger partial charge in [0.2, 0.25) is 0 Å². The third-order valence-corrected chi connectivity index (χ3v) is 17.2. The average Bonchev–Trinajstić information content (AvgIpc) is 3.13. The first-order valence-corrected chi connectivity index (χ1v) is 20.7. The van der Waals surface area contributed by atoms with Gasteiger partial charge in [0.15, 0.2) is 30.6 Å². The lowest BCUT2D eigenvalue weighted by Crippen LogP contribution is -2.68. The maximum atomic E-state index is 14.8. The van der Waals surface area contributed by atoms with Crippen LogP contribution >= 0.6 is 0 Å². The van der Waals surface area contributed by atoms with Crippen molar-refractivity contribution in [2.45, 2.75) is 174 Å². The van der Waals surface area contributed by atoms with Crippen LogP contribution in [0.3, 0.4) is 0 Å². The first-order valence-electron chi connectivity index (χ1n) is 20.7. The molecule has 0 aromatic heterocycles. The molecule has 7 rings (SSSR count). The summed E-state index contributed by atoms with van der Waals surface area (Å²) in [4.78, 5) is 51.3. The van der Waals surface area contributed by atoms with Crippen LogP contribution in [0, 0.1) is 50.2 Å². The molecular formula is C42H69NO17. The normalized spacial score (nSPS) is 50.8. The number of carboxylic acids is 3. The number of aliphatic carboxylic acids is 3. The molecule has 0 spiro atoms.